The molecule has 1 aromatic rings. The smallest absolute Gasteiger partial charge is 0.410 e. The number of rotatable bonds is 5. The molecule has 0 aliphatic carbocycles. The molecule has 0 atom stereocenters. The third-order valence-corrected chi connectivity index (χ3v) is 4.16. The zero-order chi connectivity index (χ0) is 20.4. The van der Waals surface area contributed by atoms with E-state index in [-0.39, 0.29) is 34.0 Å². The highest BCUT2D eigenvalue weighted by molar-refractivity contribution is 6.34. The molecule has 0 spiro atoms. The largest absolute Gasteiger partial charge is 0.465 e. The van der Waals surface area contributed by atoms with Gasteiger partial charge in [0.25, 0.3) is 5.69 Å². The minimum atomic E-state index is -0.710. The van der Waals surface area contributed by atoms with E-state index < -0.39 is 16.5 Å². The van der Waals surface area contributed by atoms with Crippen LogP contribution < -0.4 is 5.32 Å². The molecule has 1 fully saturated rings. The van der Waals surface area contributed by atoms with Gasteiger partial charge in [0.1, 0.15) is 11.3 Å². The van der Waals surface area contributed by atoms with Crippen molar-refractivity contribution in [3.05, 3.63) is 32.8 Å². The Morgan fingerprint density at radius 1 is 1.37 bits per heavy atom. The molecule has 1 aliphatic heterocycles. The van der Waals surface area contributed by atoms with E-state index in [4.69, 9.17) is 16.3 Å². The number of nitrogens with zero attached hydrogens (tertiary/aromatic N) is 2. The van der Waals surface area contributed by atoms with Gasteiger partial charge in [0.2, 0.25) is 0 Å². The molecule has 0 aromatic heterocycles. The number of benzene rings is 1. The number of amides is 1. The molecule has 0 bridgehead atoms. The average Bonchev–Trinajstić information content (AvgIpc) is 2.51. The molecule has 0 radical (unpaired) electrons. The van der Waals surface area contributed by atoms with Crippen LogP contribution in [0.1, 0.15) is 31.1 Å². The summed E-state index contributed by atoms with van der Waals surface area (Å²) in [6, 6.07) is 2.43. The Bertz CT molecular complexity index is 756. The van der Waals surface area contributed by atoms with Gasteiger partial charge < -0.3 is 19.7 Å². The maximum Gasteiger partial charge on any atom is 0.410 e. The number of carbonyl (C=O) groups is 2. The molecule has 148 valence electrons. The number of esters is 1. The van der Waals surface area contributed by atoms with Crippen molar-refractivity contribution < 1.29 is 24.0 Å². The highest BCUT2D eigenvalue weighted by Crippen LogP contribution is 2.34. The van der Waals surface area contributed by atoms with Gasteiger partial charge in [0, 0.05) is 31.6 Å². The summed E-state index contributed by atoms with van der Waals surface area (Å²) in [5, 5.41) is 14.3. The lowest BCUT2D eigenvalue weighted by Crippen LogP contribution is -2.53. The number of nitro benzene ring substituents is 1. The maximum atomic E-state index is 11.9. The molecule has 0 saturated carbocycles. The quantitative estimate of drug-likeness (QED) is 0.459. The summed E-state index contributed by atoms with van der Waals surface area (Å²) in [7, 11) is 1.18. The molecular formula is C17H22ClN3O6. The van der Waals surface area contributed by atoms with Crippen LogP contribution in [-0.2, 0) is 9.47 Å². The van der Waals surface area contributed by atoms with Crippen LogP contribution in [0.4, 0.5) is 16.2 Å². The number of nitrogens with one attached hydrogen (secondary N) is 1. The molecule has 1 saturated heterocycles. The fraction of sp³-hybridized carbons (Fsp3) is 0.529. The van der Waals surface area contributed by atoms with Crippen molar-refractivity contribution in [3.8, 4) is 0 Å². The number of hydrogen-bond donors (Lipinski definition) is 1. The Hall–Kier alpha value is -2.55. The topological polar surface area (TPSA) is 111 Å². The van der Waals surface area contributed by atoms with E-state index in [1.807, 2.05) is 0 Å². The molecular weight excluding hydrogens is 378 g/mol. The number of halogens is 1. The van der Waals surface area contributed by atoms with Gasteiger partial charge in [0.15, 0.2) is 0 Å². The molecule has 1 amide bonds. The molecule has 0 unspecified atom stereocenters. The van der Waals surface area contributed by atoms with Gasteiger partial charge in [-0.2, -0.15) is 0 Å². The zero-order valence-corrected chi connectivity index (χ0v) is 16.3. The van der Waals surface area contributed by atoms with Crippen molar-refractivity contribution in [2.45, 2.75) is 26.4 Å². The van der Waals surface area contributed by atoms with E-state index in [1.165, 1.54) is 13.2 Å². The summed E-state index contributed by atoms with van der Waals surface area (Å²) in [5.41, 5.74) is -0.744. The van der Waals surface area contributed by atoms with Gasteiger partial charge in [-0.05, 0) is 26.8 Å². The van der Waals surface area contributed by atoms with Crippen LogP contribution in [0.25, 0.3) is 0 Å². The van der Waals surface area contributed by atoms with Crippen molar-refractivity contribution in [1.82, 2.24) is 4.90 Å². The van der Waals surface area contributed by atoms with Gasteiger partial charge in [-0.15, -0.1) is 0 Å². The summed E-state index contributed by atoms with van der Waals surface area (Å²) in [5.74, 6) is -0.605. The fourth-order valence-corrected chi connectivity index (χ4v) is 2.85. The monoisotopic (exact) mass is 399 g/mol. The van der Waals surface area contributed by atoms with Crippen molar-refractivity contribution in [1.29, 1.82) is 0 Å². The standard InChI is InChI=1S/C17H22ClN3O6/c1-17(2,3)27-16(23)20-8-10(9-20)7-19-14-12(18)5-11(15(22)26-4)6-13(14)21(24)25/h5-6,10,19H,7-9H2,1-4H3. The SMILES string of the molecule is COC(=O)c1cc(Cl)c(NCC2CN(C(=O)OC(C)(C)C)C2)c([N+](=O)[O-])c1. The number of methoxy groups -OCH3 is 1. The van der Waals surface area contributed by atoms with E-state index in [2.05, 4.69) is 10.1 Å². The maximum absolute atomic E-state index is 11.9. The van der Waals surface area contributed by atoms with Crippen LogP contribution >= 0.6 is 11.6 Å². The van der Waals surface area contributed by atoms with Gasteiger partial charge in [-0.1, -0.05) is 11.6 Å². The molecule has 9 nitrogen and oxygen atoms in total. The number of nitro groups is 1. The summed E-state index contributed by atoms with van der Waals surface area (Å²) in [6.07, 6.45) is -0.384. The van der Waals surface area contributed by atoms with Crippen molar-refractivity contribution in [3.63, 3.8) is 0 Å². The van der Waals surface area contributed by atoms with E-state index in [0.717, 1.165) is 6.07 Å². The van der Waals surface area contributed by atoms with Crippen LogP contribution in [0.2, 0.25) is 5.02 Å². The Morgan fingerprint density at radius 3 is 2.52 bits per heavy atom. The summed E-state index contributed by atoms with van der Waals surface area (Å²) in [6.45, 7) is 6.73. The lowest BCUT2D eigenvalue weighted by molar-refractivity contribution is -0.384. The Kier molecular flexibility index (Phi) is 6.15. The van der Waals surface area contributed by atoms with Crippen molar-refractivity contribution in [2.24, 2.45) is 5.92 Å². The number of carbonyl (C=O) groups excluding carboxylic acids is 2. The van der Waals surface area contributed by atoms with E-state index in [1.54, 1.807) is 25.7 Å². The van der Waals surface area contributed by atoms with Crippen LogP contribution in [0.15, 0.2) is 12.1 Å². The van der Waals surface area contributed by atoms with E-state index in [0.29, 0.717) is 19.6 Å². The number of hydrogen-bond acceptors (Lipinski definition) is 7. The summed E-state index contributed by atoms with van der Waals surface area (Å²) < 4.78 is 9.85. The van der Waals surface area contributed by atoms with Crippen molar-refractivity contribution >= 4 is 35.0 Å². The first-order valence-corrected chi connectivity index (χ1v) is 8.67. The Morgan fingerprint density at radius 2 is 2.00 bits per heavy atom. The summed E-state index contributed by atoms with van der Waals surface area (Å²) >= 11 is 6.12. The zero-order valence-electron chi connectivity index (χ0n) is 15.6. The van der Waals surface area contributed by atoms with Crippen LogP contribution in [0.5, 0.6) is 0 Å². The second-order valence-corrected chi connectivity index (χ2v) is 7.64. The first-order chi connectivity index (χ1) is 12.5. The lowest BCUT2D eigenvalue weighted by atomic mass is 10.0. The number of ether oxygens (including phenoxy) is 2. The summed E-state index contributed by atoms with van der Waals surface area (Å²) in [4.78, 5) is 35.8. The molecule has 2 rings (SSSR count). The molecule has 1 aromatic carbocycles. The second-order valence-electron chi connectivity index (χ2n) is 7.23. The Balaban J connectivity index is 2.00. The third-order valence-electron chi connectivity index (χ3n) is 3.86. The van der Waals surface area contributed by atoms with Gasteiger partial charge >= 0.3 is 12.1 Å². The average molecular weight is 400 g/mol. The van der Waals surface area contributed by atoms with Gasteiger partial charge in [-0.25, -0.2) is 9.59 Å². The van der Waals surface area contributed by atoms with E-state index in [9.17, 15) is 19.7 Å². The minimum Gasteiger partial charge on any atom is -0.465 e. The first-order valence-electron chi connectivity index (χ1n) is 8.30. The van der Waals surface area contributed by atoms with Gasteiger partial charge in [0.05, 0.1) is 22.6 Å². The molecule has 1 N–H and O–H groups in total. The van der Waals surface area contributed by atoms with E-state index >= 15 is 0 Å². The molecule has 1 aliphatic rings. The molecule has 10 heteroatoms. The van der Waals surface area contributed by atoms with Crippen molar-refractivity contribution in [2.75, 3.05) is 32.1 Å². The lowest BCUT2D eigenvalue weighted by Gasteiger charge is -2.39. The van der Waals surface area contributed by atoms with Crippen LogP contribution in [-0.4, -0.2) is 54.2 Å². The normalized spacial score (nSPS) is 14.3. The number of likely N-dealkylation sites (tertiary alicyclic amines) is 1. The predicted molar refractivity (Wildman–Crippen MR) is 99.2 cm³/mol. The van der Waals surface area contributed by atoms with Crippen LogP contribution in [0, 0.1) is 16.0 Å². The Labute approximate surface area is 161 Å². The van der Waals surface area contributed by atoms with Crippen LogP contribution in [0.3, 0.4) is 0 Å². The first kappa shape index (κ1) is 20.8. The van der Waals surface area contributed by atoms with Gasteiger partial charge in [-0.3, -0.25) is 10.1 Å². The predicted octanol–water partition coefficient (Wildman–Crippen LogP) is 3.31. The molecule has 1 heterocycles. The highest BCUT2D eigenvalue weighted by atomic mass is 35.5. The molecule has 27 heavy (non-hydrogen) atoms. The highest BCUT2D eigenvalue weighted by Gasteiger charge is 2.34. The fourth-order valence-electron chi connectivity index (χ4n) is 2.57. The third kappa shape index (κ3) is 5.22. The second kappa shape index (κ2) is 7.99. The number of anilines is 1. The minimum absolute atomic E-state index is 0.000468.